The number of benzene rings is 1. The Bertz CT molecular complexity index is 455. The Morgan fingerprint density at radius 3 is 2.22 bits per heavy atom. The van der Waals surface area contributed by atoms with Gasteiger partial charge in [0, 0.05) is 12.7 Å². The maximum atomic E-state index is 12.3. The van der Waals surface area contributed by atoms with Crippen LogP contribution in [0.2, 0.25) is 0 Å². The van der Waals surface area contributed by atoms with Crippen molar-refractivity contribution in [1.82, 2.24) is 0 Å². The van der Waals surface area contributed by atoms with Crippen LogP contribution in [-0.2, 0) is 4.79 Å². The van der Waals surface area contributed by atoms with Crippen LogP contribution in [0.1, 0.15) is 32.3 Å². The van der Waals surface area contributed by atoms with E-state index in [2.05, 4.69) is 0 Å². The van der Waals surface area contributed by atoms with Crippen LogP contribution in [0.15, 0.2) is 24.3 Å². The molecule has 1 amide bonds. The Balaban J connectivity index is 2.96. The van der Waals surface area contributed by atoms with Crippen LogP contribution in [0.5, 0.6) is 0 Å². The number of carbonyl (C=O) groups is 1. The molecular formula is C14H19N3O. The predicted molar refractivity (Wildman–Crippen MR) is 72.1 cm³/mol. The molecule has 4 heteroatoms. The summed E-state index contributed by atoms with van der Waals surface area (Å²) < 4.78 is 0. The van der Waals surface area contributed by atoms with Crippen molar-refractivity contribution < 1.29 is 4.79 Å². The maximum Gasteiger partial charge on any atom is 0.246 e. The summed E-state index contributed by atoms with van der Waals surface area (Å²) in [5.41, 5.74) is 6.59. The van der Waals surface area contributed by atoms with E-state index in [1.54, 1.807) is 36.2 Å². The summed E-state index contributed by atoms with van der Waals surface area (Å²) in [6.07, 6.45) is 1.20. The number of hydrogen-bond acceptors (Lipinski definition) is 3. The lowest BCUT2D eigenvalue weighted by Gasteiger charge is -2.30. The van der Waals surface area contributed by atoms with E-state index in [4.69, 9.17) is 11.0 Å². The van der Waals surface area contributed by atoms with Crippen molar-refractivity contribution in [1.29, 1.82) is 5.26 Å². The molecule has 18 heavy (non-hydrogen) atoms. The lowest BCUT2D eigenvalue weighted by molar-refractivity contribution is -0.123. The summed E-state index contributed by atoms with van der Waals surface area (Å²) in [5, 5.41) is 8.73. The largest absolute Gasteiger partial charge is 0.317 e. The third-order valence-electron chi connectivity index (χ3n) is 3.38. The van der Waals surface area contributed by atoms with Gasteiger partial charge in [-0.05, 0) is 37.1 Å². The fourth-order valence-electron chi connectivity index (χ4n) is 1.76. The molecule has 0 saturated heterocycles. The highest BCUT2D eigenvalue weighted by Gasteiger charge is 2.33. The summed E-state index contributed by atoms with van der Waals surface area (Å²) >= 11 is 0. The van der Waals surface area contributed by atoms with Crippen LogP contribution in [0.4, 0.5) is 5.69 Å². The fourth-order valence-corrected chi connectivity index (χ4v) is 1.76. The second-order valence-corrected chi connectivity index (χ2v) is 4.39. The Kier molecular flexibility index (Phi) is 4.46. The molecule has 0 aliphatic carbocycles. The first-order valence-corrected chi connectivity index (χ1v) is 6.05. The zero-order valence-corrected chi connectivity index (χ0v) is 11.1. The van der Waals surface area contributed by atoms with Crippen LogP contribution < -0.4 is 10.6 Å². The molecule has 0 spiro atoms. The Labute approximate surface area is 108 Å². The number of carbonyl (C=O) groups excluding carboxylic acids is 1. The molecule has 0 fully saturated rings. The molecule has 2 N–H and O–H groups in total. The molecular weight excluding hydrogens is 226 g/mol. The summed E-state index contributed by atoms with van der Waals surface area (Å²) in [6, 6.07) is 8.93. The van der Waals surface area contributed by atoms with Crippen molar-refractivity contribution in [3.63, 3.8) is 0 Å². The van der Waals surface area contributed by atoms with E-state index in [1.165, 1.54) is 0 Å². The molecule has 0 saturated carbocycles. The fraction of sp³-hybridized carbons (Fsp3) is 0.429. The van der Waals surface area contributed by atoms with Crippen molar-refractivity contribution >= 4 is 11.6 Å². The van der Waals surface area contributed by atoms with Crippen LogP contribution in [0.3, 0.4) is 0 Å². The number of likely N-dealkylation sites (N-methyl/N-ethyl adjacent to an activating group) is 1. The third kappa shape index (κ3) is 2.69. The highest BCUT2D eigenvalue weighted by molar-refractivity contribution is 5.99. The molecule has 1 aromatic carbocycles. The van der Waals surface area contributed by atoms with Gasteiger partial charge in [-0.2, -0.15) is 5.26 Å². The molecule has 0 atom stereocenters. The van der Waals surface area contributed by atoms with Gasteiger partial charge in [0.1, 0.15) is 0 Å². The minimum atomic E-state index is -0.817. The molecule has 0 bridgehead atoms. The zero-order valence-electron chi connectivity index (χ0n) is 11.1. The maximum absolute atomic E-state index is 12.3. The second-order valence-electron chi connectivity index (χ2n) is 4.39. The van der Waals surface area contributed by atoms with Gasteiger partial charge in [0.2, 0.25) is 5.91 Å². The van der Waals surface area contributed by atoms with Crippen LogP contribution in [0, 0.1) is 11.3 Å². The van der Waals surface area contributed by atoms with Gasteiger partial charge < -0.3 is 10.6 Å². The molecule has 4 nitrogen and oxygen atoms in total. The molecule has 0 aliphatic rings. The first kappa shape index (κ1) is 14.2. The van der Waals surface area contributed by atoms with Crippen LogP contribution >= 0.6 is 0 Å². The van der Waals surface area contributed by atoms with Crippen LogP contribution in [0.25, 0.3) is 0 Å². The van der Waals surface area contributed by atoms with Crippen molar-refractivity contribution in [2.45, 2.75) is 32.2 Å². The van der Waals surface area contributed by atoms with Gasteiger partial charge in [-0.1, -0.05) is 13.8 Å². The van der Waals surface area contributed by atoms with Gasteiger partial charge in [-0.25, -0.2) is 0 Å². The number of nitrogens with zero attached hydrogens (tertiary/aromatic N) is 2. The summed E-state index contributed by atoms with van der Waals surface area (Å²) in [4.78, 5) is 13.9. The molecule has 0 heterocycles. The van der Waals surface area contributed by atoms with E-state index >= 15 is 0 Å². The number of nitriles is 1. The average molecular weight is 245 g/mol. The monoisotopic (exact) mass is 245 g/mol. The first-order chi connectivity index (χ1) is 8.48. The van der Waals surface area contributed by atoms with Crippen molar-refractivity contribution in [2.75, 3.05) is 11.9 Å². The highest BCUT2D eigenvalue weighted by atomic mass is 16.2. The zero-order chi connectivity index (χ0) is 13.8. The quantitative estimate of drug-likeness (QED) is 0.882. The highest BCUT2D eigenvalue weighted by Crippen LogP contribution is 2.20. The molecule has 96 valence electrons. The van der Waals surface area contributed by atoms with E-state index in [1.807, 2.05) is 19.9 Å². The summed E-state index contributed by atoms with van der Waals surface area (Å²) in [6.45, 7) is 3.82. The normalized spacial score (nSPS) is 10.8. The number of hydrogen-bond donors (Lipinski definition) is 1. The minimum Gasteiger partial charge on any atom is -0.317 e. The van der Waals surface area contributed by atoms with Crippen molar-refractivity contribution in [3.8, 4) is 6.07 Å². The number of rotatable bonds is 4. The molecule has 1 rings (SSSR count). The van der Waals surface area contributed by atoms with Gasteiger partial charge in [-0.15, -0.1) is 0 Å². The number of nitrogens with two attached hydrogens (primary N) is 1. The average Bonchev–Trinajstić information content (AvgIpc) is 2.44. The van der Waals surface area contributed by atoms with Gasteiger partial charge in [0.15, 0.2) is 0 Å². The van der Waals surface area contributed by atoms with E-state index in [0.717, 1.165) is 5.69 Å². The topological polar surface area (TPSA) is 70.1 Å². The molecule has 0 aliphatic heterocycles. The van der Waals surface area contributed by atoms with E-state index in [0.29, 0.717) is 18.4 Å². The Morgan fingerprint density at radius 2 is 1.83 bits per heavy atom. The van der Waals surface area contributed by atoms with Gasteiger partial charge in [0.25, 0.3) is 0 Å². The number of anilines is 1. The summed E-state index contributed by atoms with van der Waals surface area (Å²) in [7, 11) is 1.71. The van der Waals surface area contributed by atoms with Crippen LogP contribution in [-0.4, -0.2) is 18.5 Å². The lowest BCUT2D eigenvalue weighted by Crippen LogP contribution is -2.53. The van der Waals surface area contributed by atoms with Crippen molar-refractivity contribution in [3.05, 3.63) is 29.8 Å². The predicted octanol–water partition coefficient (Wildman–Crippen LogP) is 2.04. The van der Waals surface area contributed by atoms with Gasteiger partial charge >= 0.3 is 0 Å². The SMILES string of the molecule is CCC(N)(CC)C(=O)N(C)c1ccc(C#N)cc1. The lowest BCUT2D eigenvalue weighted by atomic mass is 9.92. The van der Waals surface area contributed by atoms with Gasteiger partial charge in [0.05, 0.1) is 17.2 Å². The smallest absolute Gasteiger partial charge is 0.246 e. The Morgan fingerprint density at radius 1 is 1.33 bits per heavy atom. The Hall–Kier alpha value is -1.86. The number of amides is 1. The summed E-state index contributed by atoms with van der Waals surface area (Å²) in [5.74, 6) is -0.0998. The molecule has 0 radical (unpaired) electrons. The first-order valence-electron chi connectivity index (χ1n) is 6.05. The third-order valence-corrected chi connectivity index (χ3v) is 3.38. The molecule has 0 aromatic heterocycles. The van der Waals surface area contributed by atoms with Crippen molar-refractivity contribution in [2.24, 2.45) is 5.73 Å². The van der Waals surface area contributed by atoms with E-state index in [9.17, 15) is 4.79 Å². The van der Waals surface area contributed by atoms with E-state index < -0.39 is 5.54 Å². The standard InChI is InChI=1S/C14H19N3O/c1-4-14(16,5-2)13(18)17(3)12-8-6-11(10-15)7-9-12/h6-9H,4-5,16H2,1-3H3. The van der Waals surface area contributed by atoms with Gasteiger partial charge in [-0.3, -0.25) is 4.79 Å². The second kappa shape index (κ2) is 5.65. The molecule has 0 unspecified atom stereocenters. The van der Waals surface area contributed by atoms with E-state index in [-0.39, 0.29) is 5.91 Å². The minimum absolute atomic E-state index is 0.0998. The molecule has 1 aromatic rings.